The van der Waals surface area contributed by atoms with Crippen molar-refractivity contribution in [2.75, 3.05) is 0 Å². The minimum absolute atomic E-state index is 0.914. The monoisotopic (exact) mass is 192 g/mol. The van der Waals surface area contributed by atoms with Gasteiger partial charge in [-0.25, -0.2) is 0 Å². The Morgan fingerprint density at radius 1 is 1.00 bits per heavy atom. The normalized spacial score (nSPS) is 32.4. The van der Waals surface area contributed by atoms with E-state index in [9.17, 15) is 0 Å². The Hall–Kier alpha value is 0.0649. The van der Waals surface area contributed by atoms with Crippen molar-refractivity contribution < 1.29 is 0 Å². The van der Waals surface area contributed by atoms with Gasteiger partial charge in [-0.15, -0.1) is 0 Å². The van der Waals surface area contributed by atoms with E-state index in [0.717, 1.165) is 24.3 Å². The van der Waals surface area contributed by atoms with E-state index in [4.69, 9.17) is 0 Å². The maximum atomic E-state index is 2.37. The van der Waals surface area contributed by atoms with E-state index in [2.05, 4.69) is 13.8 Å². The molecule has 80 valence electrons. The summed E-state index contributed by atoms with van der Waals surface area (Å²) in [4.78, 5) is 0. The Morgan fingerprint density at radius 2 is 1.50 bits per heavy atom. The summed E-state index contributed by atoms with van der Waals surface area (Å²) in [5, 5.41) is 0. The van der Waals surface area contributed by atoms with Gasteiger partial charge in [0, 0.05) is 0 Å². The van der Waals surface area contributed by atoms with Gasteiger partial charge in [-0.1, -0.05) is 76.7 Å². The van der Waals surface area contributed by atoms with Gasteiger partial charge in [0.05, 0.1) is 0 Å². The molecule has 2 bridgehead atoms. The number of rotatable bonds is 3. The van der Waals surface area contributed by atoms with Gasteiger partial charge in [0.15, 0.2) is 0 Å². The molecule has 0 aromatic heterocycles. The lowest BCUT2D eigenvalue weighted by Crippen LogP contribution is -2.34. The fraction of sp³-hybridized carbons (Fsp3) is 1.00. The SMILES string of the molecule is CC(C)CCB1C2CCCC1CCC2. The molecule has 1 heteroatoms. The molecular weight excluding hydrogens is 167 g/mol. The summed E-state index contributed by atoms with van der Waals surface area (Å²) in [5.41, 5.74) is 0. The summed E-state index contributed by atoms with van der Waals surface area (Å²) in [6.07, 6.45) is 12.3. The molecule has 2 aliphatic rings. The van der Waals surface area contributed by atoms with Crippen LogP contribution in [0.3, 0.4) is 0 Å². The zero-order valence-corrected chi connectivity index (χ0v) is 9.97. The van der Waals surface area contributed by atoms with Crippen LogP contribution >= 0.6 is 0 Å². The van der Waals surface area contributed by atoms with Crippen LogP contribution < -0.4 is 0 Å². The minimum Gasteiger partial charge on any atom is -0.0735 e. The Labute approximate surface area is 89.9 Å². The van der Waals surface area contributed by atoms with Crippen LogP contribution in [0.1, 0.15) is 58.8 Å². The van der Waals surface area contributed by atoms with Crippen LogP contribution in [-0.4, -0.2) is 6.71 Å². The first-order valence-electron chi connectivity index (χ1n) is 6.77. The summed E-state index contributed by atoms with van der Waals surface area (Å²) in [5.74, 6) is 3.17. The van der Waals surface area contributed by atoms with Gasteiger partial charge in [0.25, 0.3) is 0 Å². The molecule has 2 fully saturated rings. The first-order chi connectivity index (χ1) is 6.77. The second-order valence-electron chi connectivity index (χ2n) is 6.02. The van der Waals surface area contributed by atoms with Gasteiger partial charge in [-0.3, -0.25) is 0 Å². The van der Waals surface area contributed by atoms with Crippen LogP contribution in [0.25, 0.3) is 0 Å². The lowest BCUT2D eigenvalue weighted by molar-refractivity contribution is 0.437. The molecule has 0 saturated carbocycles. The van der Waals surface area contributed by atoms with Crippen LogP contribution in [0.5, 0.6) is 0 Å². The number of hydrogen-bond donors (Lipinski definition) is 0. The topological polar surface area (TPSA) is 0 Å². The van der Waals surface area contributed by atoms with E-state index in [1.807, 2.05) is 0 Å². The maximum Gasteiger partial charge on any atom is 0.146 e. The second-order valence-corrected chi connectivity index (χ2v) is 6.02. The van der Waals surface area contributed by atoms with Crippen molar-refractivity contribution in [3.05, 3.63) is 0 Å². The van der Waals surface area contributed by atoms with Crippen molar-refractivity contribution in [3.8, 4) is 0 Å². The molecule has 2 heterocycles. The van der Waals surface area contributed by atoms with Gasteiger partial charge in [-0.05, 0) is 5.92 Å². The molecule has 0 aromatic rings. The van der Waals surface area contributed by atoms with Gasteiger partial charge in [-0.2, -0.15) is 0 Å². The Kier molecular flexibility index (Phi) is 3.57. The molecular formula is C13H25B. The maximum absolute atomic E-state index is 2.37. The molecule has 2 saturated heterocycles. The van der Waals surface area contributed by atoms with E-state index >= 15 is 0 Å². The second kappa shape index (κ2) is 4.72. The molecule has 0 radical (unpaired) electrons. The van der Waals surface area contributed by atoms with Gasteiger partial charge in [0.2, 0.25) is 0 Å². The van der Waals surface area contributed by atoms with Crippen molar-refractivity contribution in [1.29, 1.82) is 0 Å². The van der Waals surface area contributed by atoms with Crippen molar-refractivity contribution in [1.82, 2.24) is 0 Å². The van der Waals surface area contributed by atoms with E-state index in [1.165, 1.54) is 25.6 Å². The van der Waals surface area contributed by atoms with Crippen molar-refractivity contribution in [2.45, 2.75) is 76.7 Å². The molecule has 2 aliphatic heterocycles. The first-order valence-corrected chi connectivity index (χ1v) is 6.77. The van der Waals surface area contributed by atoms with E-state index in [-0.39, 0.29) is 0 Å². The molecule has 2 rings (SSSR count). The van der Waals surface area contributed by atoms with Gasteiger partial charge >= 0.3 is 0 Å². The van der Waals surface area contributed by atoms with E-state index in [0.29, 0.717) is 0 Å². The fourth-order valence-corrected chi connectivity index (χ4v) is 3.81. The molecule has 0 aliphatic carbocycles. The van der Waals surface area contributed by atoms with Gasteiger partial charge in [0.1, 0.15) is 6.71 Å². The predicted octanol–water partition coefficient (Wildman–Crippen LogP) is 4.64. The van der Waals surface area contributed by atoms with Crippen LogP contribution in [0.15, 0.2) is 0 Å². The highest BCUT2D eigenvalue weighted by atomic mass is 14.2. The van der Waals surface area contributed by atoms with Crippen LogP contribution in [-0.2, 0) is 0 Å². The molecule has 0 aromatic carbocycles. The summed E-state index contributed by atoms with van der Waals surface area (Å²) < 4.78 is 0. The molecule has 14 heavy (non-hydrogen) atoms. The lowest BCUT2D eigenvalue weighted by Gasteiger charge is -2.41. The van der Waals surface area contributed by atoms with E-state index in [1.54, 1.807) is 25.7 Å². The molecule has 0 unspecified atom stereocenters. The Bertz CT molecular complexity index is 154. The van der Waals surface area contributed by atoms with Crippen LogP contribution in [0.2, 0.25) is 18.0 Å². The zero-order chi connectivity index (χ0) is 9.97. The van der Waals surface area contributed by atoms with Crippen molar-refractivity contribution in [3.63, 3.8) is 0 Å². The first kappa shape index (κ1) is 10.6. The van der Waals surface area contributed by atoms with E-state index < -0.39 is 0 Å². The largest absolute Gasteiger partial charge is 0.146 e. The molecule has 0 amide bonds. The quantitative estimate of drug-likeness (QED) is 0.571. The van der Waals surface area contributed by atoms with Crippen LogP contribution in [0, 0.1) is 5.92 Å². The average Bonchev–Trinajstić information content (AvgIpc) is 2.13. The summed E-state index contributed by atoms with van der Waals surface area (Å²) in [7, 11) is 0. The number of fused-ring (bicyclic) bond motifs is 2. The Balaban J connectivity index is 1.88. The third-order valence-corrected chi connectivity index (χ3v) is 4.59. The highest BCUT2D eigenvalue weighted by Gasteiger charge is 2.38. The standard InChI is InChI=1S/C13H25B/c1-11(2)9-10-14-12-5-3-6-13(14)8-4-7-12/h11-13H,3-10H2,1-2H3. The third kappa shape index (κ3) is 2.35. The summed E-state index contributed by atoms with van der Waals surface area (Å²) >= 11 is 0. The molecule has 0 nitrogen and oxygen atoms in total. The molecule has 0 N–H and O–H groups in total. The highest BCUT2D eigenvalue weighted by Crippen LogP contribution is 2.48. The minimum atomic E-state index is 0.914. The Morgan fingerprint density at radius 3 is 1.93 bits per heavy atom. The zero-order valence-electron chi connectivity index (χ0n) is 9.97. The molecule has 0 spiro atoms. The van der Waals surface area contributed by atoms with Crippen molar-refractivity contribution in [2.24, 2.45) is 5.92 Å². The van der Waals surface area contributed by atoms with Gasteiger partial charge < -0.3 is 0 Å². The predicted molar refractivity (Wildman–Crippen MR) is 65.2 cm³/mol. The lowest BCUT2D eigenvalue weighted by atomic mass is 9.25. The highest BCUT2D eigenvalue weighted by molar-refractivity contribution is 6.62. The smallest absolute Gasteiger partial charge is 0.0735 e. The number of hydrogen-bond acceptors (Lipinski definition) is 0. The molecule has 0 atom stereocenters. The summed E-state index contributed by atoms with van der Waals surface area (Å²) in [6.45, 7) is 5.87. The average molecular weight is 192 g/mol. The van der Waals surface area contributed by atoms with Crippen molar-refractivity contribution >= 4 is 6.71 Å². The summed E-state index contributed by atoms with van der Waals surface area (Å²) in [6, 6.07) is 0. The fourth-order valence-electron chi connectivity index (χ4n) is 3.81. The van der Waals surface area contributed by atoms with Crippen LogP contribution in [0.4, 0.5) is 0 Å². The third-order valence-electron chi connectivity index (χ3n) is 4.59.